The Balaban J connectivity index is 1.84. The van der Waals surface area contributed by atoms with Gasteiger partial charge in [-0.25, -0.2) is 0 Å². The van der Waals surface area contributed by atoms with E-state index in [0.717, 1.165) is 22.6 Å². The molecule has 2 aromatic carbocycles. The first-order valence-corrected chi connectivity index (χ1v) is 9.44. The summed E-state index contributed by atoms with van der Waals surface area (Å²) in [5, 5.41) is 2.78. The summed E-state index contributed by atoms with van der Waals surface area (Å²) in [5.41, 5.74) is 2.56. The van der Waals surface area contributed by atoms with E-state index in [1.807, 2.05) is 55.5 Å². The second-order valence-electron chi connectivity index (χ2n) is 6.51. The highest BCUT2D eigenvalue weighted by atomic mass is 16.5. The van der Waals surface area contributed by atoms with Crippen molar-refractivity contribution in [3.8, 4) is 5.75 Å². The van der Waals surface area contributed by atoms with Crippen LogP contribution in [0, 0.1) is 0 Å². The number of hydrogen-bond donors (Lipinski definition) is 1. The molecule has 1 heterocycles. The molecule has 6 heteroatoms. The van der Waals surface area contributed by atoms with Gasteiger partial charge in [0.2, 0.25) is 5.91 Å². The molecule has 3 rings (SSSR count). The Hall–Kier alpha value is -3.54. The van der Waals surface area contributed by atoms with Crippen LogP contribution in [0.1, 0.15) is 28.6 Å². The Labute approximate surface area is 170 Å². The average molecular weight is 392 g/mol. The third kappa shape index (κ3) is 5.25. The molecule has 6 nitrogen and oxygen atoms in total. The van der Waals surface area contributed by atoms with Crippen molar-refractivity contribution in [3.63, 3.8) is 0 Å². The molecule has 1 N–H and O–H groups in total. The summed E-state index contributed by atoms with van der Waals surface area (Å²) in [5.74, 6) is 0.765. The molecule has 0 spiro atoms. The maximum atomic E-state index is 13.0. The highest BCUT2D eigenvalue weighted by Gasteiger charge is 2.20. The monoisotopic (exact) mass is 392 g/mol. The van der Waals surface area contributed by atoms with Gasteiger partial charge in [0.1, 0.15) is 5.75 Å². The van der Waals surface area contributed by atoms with Gasteiger partial charge in [0.25, 0.3) is 5.91 Å². The summed E-state index contributed by atoms with van der Waals surface area (Å²) < 4.78 is 10.5. The molecule has 0 atom stereocenters. The van der Waals surface area contributed by atoms with Crippen LogP contribution in [0.15, 0.2) is 71.3 Å². The van der Waals surface area contributed by atoms with Gasteiger partial charge in [-0.3, -0.25) is 9.59 Å². The van der Waals surface area contributed by atoms with Gasteiger partial charge in [-0.2, -0.15) is 0 Å². The number of carbonyl (C=O) groups is 2. The van der Waals surface area contributed by atoms with E-state index >= 15 is 0 Å². The van der Waals surface area contributed by atoms with Crippen LogP contribution in [0.3, 0.4) is 0 Å². The fourth-order valence-electron chi connectivity index (χ4n) is 2.97. The molecular formula is C23H24N2O4. The van der Waals surface area contributed by atoms with Gasteiger partial charge in [-0.05, 0) is 54.4 Å². The Morgan fingerprint density at radius 2 is 1.69 bits per heavy atom. The lowest BCUT2D eigenvalue weighted by molar-refractivity contribution is -0.120. The van der Waals surface area contributed by atoms with E-state index in [1.54, 1.807) is 24.1 Å². The van der Waals surface area contributed by atoms with Crippen LogP contribution in [-0.4, -0.2) is 25.5 Å². The minimum atomic E-state index is -0.234. The number of carbonyl (C=O) groups excluding carboxylic acids is 2. The zero-order valence-corrected chi connectivity index (χ0v) is 16.6. The number of nitrogens with zero attached hydrogens (tertiary/aromatic N) is 1. The minimum absolute atomic E-state index is 0.0259. The van der Waals surface area contributed by atoms with E-state index in [9.17, 15) is 9.59 Å². The standard InChI is InChI=1S/C23H24N2O4/c1-3-24-22(26)15-17-6-10-19(11-7-17)25(23(27)21-5-4-14-29-21)16-18-8-12-20(28-2)13-9-18/h4-14H,3,15-16H2,1-2H3,(H,24,26). The van der Waals surface area contributed by atoms with Crippen molar-refractivity contribution >= 4 is 17.5 Å². The number of likely N-dealkylation sites (N-methyl/N-ethyl adjacent to an activating group) is 1. The van der Waals surface area contributed by atoms with Crippen LogP contribution < -0.4 is 15.0 Å². The zero-order chi connectivity index (χ0) is 20.6. The third-order valence-corrected chi connectivity index (χ3v) is 4.46. The quantitative estimate of drug-likeness (QED) is 0.633. The van der Waals surface area contributed by atoms with Gasteiger partial charge in [0.15, 0.2) is 5.76 Å². The fourth-order valence-corrected chi connectivity index (χ4v) is 2.97. The third-order valence-electron chi connectivity index (χ3n) is 4.46. The Morgan fingerprint density at radius 3 is 2.28 bits per heavy atom. The van der Waals surface area contributed by atoms with Gasteiger partial charge in [0, 0.05) is 12.2 Å². The van der Waals surface area contributed by atoms with E-state index in [4.69, 9.17) is 9.15 Å². The van der Waals surface area contributed by atoms with E-state index in [1.165, 1.54) is 6.26 Å². The molecule has 0 fully saturated rings. The van der Waals surface area contributed by atoms with Crippen molar-refractivity contribution < 1.29 is 18.7 Å². The second-order valence-corrected chi connectivity index (χ2v) is 6.51. The van der Waals surface area contributed by atoms with E-state index in [-0.39, 0.29) is 17.6 Å². The molecule has 0 aliphatic carbocycles. The lowest BCUT2D eigenvalue weighted by Gasteiger charge is -2.22. The van der Waals surface area contributed by atoms with Crippen LogP contribution in [0.5, 0.6) is 5.75 Å². The number of rotatable bonds is 8. The van der Waals surface area contributed by atoms with Gasteiger partial charge in [0.05, 0.1) is 26.3 Å². The summed E-state index contributed by atoms with van der Waals surface area (Å²) >= 11 is 0. The maximum absolute atomic E-state index is 13.0. The summed E-state index contributed by atoms with van der Waals surface area (Å²) in [7, 11) is 1.62. The van der Waals surface area contributed by atoms with Crippen molar-refractivity contribution in [2.24, 2.45) is 0 Å². The summed E-state index contributed by atoms with van der Waals surface area (Å²) in [6.45, 7) is 2.86. The molecule has 29 heavy (non-hydrogen) atoms. The SMILES string of the molecule is CCNC(=O)Cc1ccc(N(Cc2ccc(OC)cc2)C(=O)c2ccco2)cc1. The minimum Gasteiger partial charge on any atom is -0.497 e. The molecule has 0 aliphatic rings. The normalized spacial score (nSPS) is 10.4. The summed E-state index contributed by atoms with van der Waals surface area (Å²) in [6, 6.07) is 18.3. The van der Waals surface area contributed by atoms with Crippen molar-refractivity contribution in [1.29, 1.82) is 0 Å². The van der Waals surface area contributed by atoms with Crippen molar-refractivity contribution in [1.82, 2.24) is 5.32 Å². The van der Waals surface area contributed by atoms with E-state index in [2.05, 4.69) is 5.32 Å². The fraction of sp³-hybridized carbons (Fsp3) is 0.217. The van der Waals surface area contributed by atoms with Gasteiger partial charge < -0.3 is 19.4 Å². The second kappa shape index (κ2) is 9.59. The predicted molar refractivity (Wildman–Crippen MR) is 111 cm³/mol. The van der Waals surface area contributed by atoms with E-state index in [0.29, 0.717) is 19.5 Å². The lowest BCUT2D eigenvalue weighted by Crippen LogP contribution is -2.30. The highest BCUT2D eigenvalue weighted by Crippen LogP contribution is 2.22. The number of furan rings is 1. The molecule has 3 aromatic rings. The summed E-state index contributed by atoms with van der Waals surface area (Å²) in [4.78, 5) is 26.5. The molecule has 0 bridgehead atoms. The molecule has 1 aromatic heterocycles. The molecule has 0 saturated carbocycles. The predicted octanol–water partition coefficient (Wildman–Crippen LogP) is 3.81. The smallest absolute Gasteiger partial charge is 0.294 e. The molecule has 150 valence electrons. The maximum Gasteiger partial charge on any atom is 0.294 e. The van der Waals surface area contributed by atoms with E-state index < -0.39 is 0 Å². The Morgan fingerprint density at radius 1 is 1.00 bits per heavy atom. The first-order valence-electron chi connectivity index (χ1n) is 9.44. The van der Waals surface area contributed by atoms with Crippen LogP contribution in [0.2, 0.25) is 0 Å². The van der Waals surface area contributed by atoms with Crippen LogP contribution in [-0.2, 0) is 17.8 Å². The van der Waals surface area contributed by atoms with Crippen LogP contribution >= 0.6 is 0 Å². The highest BCUT2D eigenvalue weighted by molar-refractivity contribution is 6.04. The van der Waals surface area contributed by atoms with Gasteiger partial charge in [-0.15, -0.1) is 0 Å². The summed E-state index contributed by atoms with van der Waals surface area (Å²) in [6.07, 6.45) is 1.78. The molecule has 0 aliphatic heterocycles. The number of benzene rings is 2. The van der Waals surface area contributed by atoms with Crippen molar-refractivity contribution in [2.45, 2.75) is 19.9 Å². The largest absolute Gasteiger partial charge is 0.497 e. The number of hydrogen-bond acceptors (Lipinski definition) is 4. The number of methoxy groups -OCH3 is 1. The number of nitrogens with one attached hydrogen (secondary N) is 1. The molecule has 0 unspecified atom stereocenters. The van der Waals surface area contributed by atoms with Crippen LogP contribution in [0.4, 0.5) is 5.69 Å². The molecular weight excluding hydrogens is 368 g/mol. The van der Waals surface area contributed by atoms with Crippen molar-refractivity contribution in [3.05, 3.63) is 83.8 Å². The molecule has 0 saturated heterocycles. The first-order chi connectivity index (χ1) is 14.1. The van der Waals surface area contributed by atoms with Gasteiger partial charge in [-0.1, -0.05) is 24.3 Å². The zero-order valence-electron chi connectivity index (χ0n) is 16.6. The molecule has 2 amide bonds. The van der Waals surface area contributed by atoms with Crippen molar-refractivity contribution in [2.75, 3.05) is 18.6 Å². The number of anilines is 1. The Kier molecular flexibility index (Phi) is 6.68. The van der Waals surface area contributed by atoms with Gasteiger partial charge >= 0.3 is 0 Å². The topological polar surface area (TPSA) is 71.8 Å². The molecule has 0 radical (unpaired) electrons. The number of ether oxygens (including phenoxy) is 1. The Bertz CT molecular complexity index is 932. The van der Waals surface area contributed by atoms with Crippen LogP contribution in [0.25, 0.3) is 0 Å². The average Bonchev–Trinajstić information content (AvgIpc) is 3.28. The number of amides is 2. The first kappa shape index (κ1) is 20.2. The lowest BCUT2D eigenvalue weighted by atomic mass is 10.1.